The highest BCUT2D eigenvalue weighted by Crippen LogP contribution is 2.24. The second kappa shape index (κ2) is 7.04. The van der Waals surface area contributed by atoms with Gasteiger partial charge in [-0.05, 0) is 50.1 Å². The Labute approximate surface area is 148 Å². The molecule has 1 aromatic carbocycles. The van der Waals surface area contributed by atoms with Gasteiger partial charge in [0.2, 0.25) is 0 Å². The lowest BCUT2D eigenvalue weighted by molar-refractivity contribution is 0.378. The molecule has 0 bridgehead atoms. The first kappa shape index (κ1) is 16.4. The van der Waals surface area contributed by atoms with Crippen molar-refractivity contribution in [2.75, 3.05) is 42.9 Å². The minimum atomic E-state index is -0.169. The maximum atomic E-state index is 13.0. The van der Waals surface area contributed by atoms with Crippen molar-refractivity contribution in [2.24, 2.45) is 11.8 Å². The number of nitrogens with one attached hydrogen (secondary N) is 2. The van der Waals surface area contributed by atoms with Gasteiger partial charge in [-0.25, -0.2) is 9.07 Å². The van der Waals surface area contributed by atoms with Crippen LogP contribution >= 0.6 is 0 Å². The molecule has 2 aliphatic rings. The van der Waals surface area contributed by atoms with Gasteiger partial charge in [0.1, 0.15) is 11.6 Å². The predicted octanol–water partition coefficient (Wildman–Crippen LogP) is 2.49. The number of nitrogens with zero attached hydrogens (tertiary/aromatic N) is 3. The van der Waals surface area contributed by atoms with Gasteiger partial charge in [0.15, 0.2) is 0 Å². The summed E-state index contributed by atoms with van der Waals surface area (Å²) >= 11 is 0. The molecule has 134 valence electrons. The molecule has 6 heteroatoms. The van der Waals surface area contributed by atoms with Crippen LogP contribution in [-0.4, -0.2) is 42.5 Å². The molecule has 0 radical (unpaired) electrons. The fraction of sp³-hybridized carbons (Fsp3) is 0.526. The zero-order valence-electron chi connectivity index (χ0n) is 14.7. The van der Waals surface area contributed by atoms with Crippen molar-refractivity contribution in [1.29, 1.82) is 0 Å². The number of hydrogen-bond donors (Lipinski definition) is 2. The van der Waals surface area contributed by atoms with Gasteiger partial charge in [0.05, 0.1) is 5.69 Å². The summed E-state index contributed by atoms with van der Waals surface area (Å²) in [6.45, 7) is 8.17. The molecule has 2 unspecified atom stereocenters. The van der Waals surface area contributed by atoms with E-state index in [-0.39, 0.29) is 5.82 Å². The average molecular weight is 343 g/mol. The van der Waals surface area contributed by atoms with Crippen LogP contribution in [-0.2, 0) is 6.54 Å². The summed E-state index contributed by atoms with van der Waals surface area (Å²) in [5.41, 5.74) is 2.20. The van der Waals surface area contributed by atoms with Gasteiger partial charge in [0, 0.05) is 50.4 Å². The molecule has 4 rings (SSSR count). The lowest BCUT2D eigenvalue weighted by atomic mass is 10.1. The van der Waals surface area contributed by atoms with Crippen LogP contribution in [0.1, 0.15) is 12.1 Å². The fourth-order valence-electron chi connectivity index (χ4n) is 3.90. The molecule has 3 heterocycles. The SMILES string of the molecule is Cc1cc2n(n1)CC(CNCC1CCN(c3ccc(F)cc3)C1)CN2. The Hall–Kier alpha value is -2.08. The highest BCUT2D eigenvalue weighted by atomic mass is 19.1. The standard InChI is InChI=1S/C19H26FN5/c1-14-8-19-22-11-16(13-25(19)23-14)10-21-9-15-6-7-24(12-15)18-4-2-17(20)3-5-18/h2-5,8,15-16,21-22H,6-7,9-13H2,1H3. The third-order valence-electron chi connectivity index (χ3n) is 5.25. The lowest BCUT2D eigenvalue weighted by Crippen LogP contribution is -2.37. The molecular formula is C19H26FN5. The van der Waals surface area contributed by atoms with Gasteiger partial charge < -0.3 is 15.5 Å². The fourth-order valence-corrected chi connectivity index (χ4v) is 3.90. The van der Waals surface area contributed by atoms with E-state index in [2.05, 4.69) is 31.4 Å². The van der Waals surface area contributed by atoms with E-state index >= 15 is 0 Å². The molecule has 1 fully saturated rings. The number of anilines is 2. The lowest BCUT2D eigenvalue weighted by Gasteiger charge is -2.25. The third kappa shape index (κ3) is 3.79. The van der Waals surface area contributed by atoms with Crippen molar-refractivity contribution in [3.8, 4) is 0 Å². The molecule has 5 nitrogen and oxygen atoms in total. The van der Waals surface area contributed by atoms with Gasteiger partial charge in [-0.1, -0.05) is 0 Å². The highest BCUT2D eigenvalue weighted by molar-refractivity contribution is 5.47. The third-order valence-corrected chi connectivity index (χ3v) is 5.25. The van der Waals surface area contributed by atoms with Gasteiger partial charge in [0.25, 0.3) is 0 Å². The van der Waals surface area contributed by atoms with Crippen molar-refractivity contribution < 1.29 is 4.39 Å². The Balaban J connectivity index is 1.21. The molecule has 0 spiro atoms. The van der Waals surface area contributed by atoms with E-state index in [1.807, 2.05) is 19.1 Å². The van der Waals surface area contributed by atoms with E-state index in [1.165, 1.54) is 6.42 Å². The van der Waals surface area contributed by atoms with E-state index in [1.54, 1.807) is 12.1 Å². The summed E-state index contributed by atoms with van der Waals surface area (Å²) in [4.78, 5) is 2.35. The summed E-state index contributed by atoms with van der Waals surface area (Å²) in [5, 5.41) is 11.6. The Morgan fingerprint density at radius 2 is 2.00 bits per heavy atom. The van der Waals surface area contributed by atoms with E-state index in [0.29, 0.717) is 11.8 Å². The summed E-state index contributed by atoms with van der Waals surface area (Å²) < 4.78 is 15.1. The first-order chi connectivity index (χ1) is 12.2. The number of halogens is 1. The molecule has 2 atom stereocenters. The van der Waals surface area contributed by atoms with Crippen LogP contribution in [0.2, 0.25) is 0 Å². The summed E-state index contributed by atoms with van der Waals surface area (Å²) in [6.07, 6.45) is 1.19. The van der Waals surface area contributed by atoms with Gasteiger partial charge in [-0.2, -0.15) is 5.10 Å². The van der Waals surface area contributed by atoms with Crippen molar-refractivity contribution in [2.45, 2.75) is 19.9 Å². The van der Waals surface area contributed by atoms with Crippen LogP contribution in [0.4, 0.5) is 15.9 Å². The van der Waals surface area contributed by atoms with Gasteiger partial charge in [-0.15, -0.1) is 0 Å². The zero-order valence-corrected chi connectivity index (χ0v) is 14.7. The normalized spacial score (nSPS) is 22.7. The largest absolute Gasteiger partial charge is 0.371 e. The van der Waals surface area contributed by atoms with Crippen LogP contribution in [0.25, 0.3) is 0 Å². The minimum Gasteiger partial charge on any atom is -0.371 e. The highest BCUT2D eigenvalue weighted by Gasteiger charge is 2.23. The second-order valence-electron chi connectivity index (χ2n) is 7.34. The van der Waals surface area contributed by atoms with Crippen molar-refractivity contribution >= 4 is 11.5 Å². The summed E-state index contributed by atoms with van der Waals surface area (Å²) in [5.74, 6) is 2.20. The average Bonchev–Trinajstić information content (AvgIpc) is 3.21. The molecule has 25 heavy (non-hydrogen) atoms. The Kier molecular flexibility index (Phi) is 4.61. The number of aromatic nitrogens is 2. The second-order valence-corrected chi connectivity index (χ2v) is 7.34. The molecule has 1 saturated heterocycles. The molecule has 2 N–H and O–H groups in total. The predicted molar refractivity (Wildman–Crippen MR) is 98.5 cm³/mol. The van der Waals surface area contributed by atoms with E-state index in [9.17, 15) is 4.39 Å². The molecule has 0 amide bonds. The Bertz CT molecular complexity index is 711. The summed E-state index contributed by atoms with van der Waals surface area (Å²) in [7, 11) is 0. The minimum absolute atomic E-state index is 0.169. The van der Waals surface area contributed by atoms with Gasteiger partial charge >= 0.3 is 0 Å². The molecular weight excluding hydrogens is 317 g/mol. The van der Waals surface area contributed by atoms with Crippen LogP contribution in [0.3, 0.4) is 0 Å². The number of aryl methyl sites for hydroxylation is 1. The molecule has 2 aliphatic heterocycles. The zero-order chi connectivity index (χ0) is 17.2. The quantitative estimate of drug-likeness (QED) is 0.876. The van der Waals surface area contributed by atoms with Crippen LogP contribution in [0, 0.1) is 24.6 Å². The van der Waals surface area contributed by atoms with Gasteiger partial charge in [-0.3, -0.25) is 0 Å². The van der Waals surface area contributed by atoms with Crippen molar-refractivity contribution in [1.82, 2.24) is 15.1 Å². The smallest absolute Gasteiger partial charge is 0.124 e. The topological polar surface area (TPSA) is 45.1 Å². The molecule has 0 saturated carbocycles. The summed E-state index contributed by atoms with van der Waals surface area (Å²) in [6, 6.07) is 8.95. The Morgan fingerprint density at radius 1 is 1.20 bits per heavy atom. The van der Waals surface area contributed by atoms with Crippen LogP contribution in [0.15, 0.2) is 30.3 Å². The number of fused-ring (bicyclic) bond motifs is 1. The number of rotatable bonds is 5. The first-order valence-electron chi connectivity index (χ1n) is 9.17. The van der Waals surface area contributed by atoms with E-state index in [0.717, 1.165) is 56.5 Å². The molecule has 1 aromatic heterocycles. The van der Waals surface area contributed by atoms with E-state index < -0.39 is 0 Å². The van der Waals surface area contributed by atoms with Crippen molar-refractivity contribution in [3.05, 3.63) is 41.8 Å². The first-order valence-corrected chi connectivity index (χ1v) is 9.17. The number of benzene rings is 1. The van der Waals surface area contributed by atoms with Crippen LogP contribution in [0.5, 0.6) is 0 Å². The maximum Gasteiger partial charge on any atom is 0.124 e. The maximum absolute atomic E-state index is 13.0. The van der Waals surface area contributed by atoms with Crippen molar-refractivity contribution in [3.63, 3.8) is 0 Å². The Morgan fingerprint density at radius 3 is 2.84 bits per heavy atom. The van der Waals surface area contributed by atoms with E-state index in [4.69, 9.17) is 0 Å². The number of hydrogen-bond acceptors (Lipinski definition) is 4. The monoisotopic (exact) mass is 343 g/mol. The molecule has 0 aliphatic carbocycles. The van der Waals surface area contributed by atoms with Crippen LogP contribution < -0.4 is 15.5 Å². The molecule has 2 aromatic rings.